The molecule has 2 atom stereocenters. The molecule has 0 spiro atoms. The maximum absolute atomic E-state index is 12.8. The first kappa shape index (κ1) is 23.5. The number of furan rings is 1. The molecule has 33 heavy (non-hydrogen) atoms. The van der Waals surface area contributed by atoms with E-state index in [-0.39, 0.29) is 46.4 Å². The van der Waals surface area contributed by atoms with Crippen molar-refractivity contribution in [3.05, 3.63) is 54.0 Å². The number of carbonyl (C=O) groups excluding carboxylic acids is 2. The predicted molar refractivity (Wildman–Crippen MR) is 121 cm³/mol. The van der Waals surface area contributed by atoms with E-state index in [0.29, 0.717) is 12.3 Å². The summed E-state index contributed by atoms with van der Waals surface area (Å²) in [7, 11) is -3.76. The number of benzene rings is 1. The number of fused-ring (bicyclic) bond motifs is 2. The fourth-order valence-electron chi connectivity index (χ4n) is 5.48. The number of rotatable bonds is 7. The van der Waals surface area contributed by atoms with Crippen LogP contribution < -0.4 is 4.72 Å². The summed E-state index contributed by atoms with van der Waals surface area (Å²) in [5, 5.41) is 0. The average molecular weight is 475 g/mol. The number of ether oxygens (including phenoxy) is 1. The van der Waals surface area contributed by atoms with Crippen molar-refractivity contribution in [2.24, 2.45) is 10.8 Å². The molecule has 1 aromatic carbocycles. The van der Waals surface area contributed by atoms with Crippen molar-refractivity contribution in [3.63, 3.8) is 0 Å². The Labute approximate surface area is 194 Å². The third-order valence-electron chi connectivity index (χ3n) is 6.48. The Bertz CT molecular complexity index is 1120. The fourth-order valence-corrected chi connectivity index (χ4v) is 6.47. The van der Waals surface area contributed by atoms with Gasteiger partial charge in [0.15, 0.2) is 6.61 Å². The van der Waals surface area contributed by atoms with Gasteiger partial charge in [-0.05, 0) is 66.5 Å². The Hall–Kier alpha value is -2.65. The van der Waals surface area contributed by atoms with Gasteiger partial charge in [0.05, 0.1) is 23.3 Å². The number of carbonyl (C=O) groups is 2. The molecule has 1 aromatic heterocycles. The first-order valence-electron chi connectivity index (χ1n) is 11.1. The van der Waals surface area contributed by atoms with Crippen LogP contribution in [0.3, 0.4) is 0 Å². The number of nitrogens with one attached hydrogen (secondary N) is 1. The van der Waals surface area contributed by atoms with Gasteiger partial charge in [-0.25, -0.2) is 17.9 Å². The van der Waals surface area contributed by atoms with Crippen LogP contribution in [0.5, 0.6) is 0 Å². The van der Waals surface area contributed by atoms with Gasteiger partial charge in [-0.1, -0.05) is 20.8 Å². The van der Waals surface area contributed by atoms with E-state index < -0.39 is 16.0 Å². The molecular weight excluding hydrogens is 444 g/mol. The van der Waals surface area contributed by atoms with Crippen LogP contribution >= 0.6 is 0 Å². The highest BCUT2D eigenvalue weighted by Crippen LogP contribution is 2.52. The molecule has 1 saturated heterocycles. The SMILES string of the molecule is CC1(C)C[C@@H]2C[C@@](C)(CN2C(=O)COC(=O)c2ccc(S(=O)(=O)NCc3ccco3)cc2)C1. The highest BCUT2D eigenvalue weighted by Gasteiger charge is 2.50. The van der Waals surface area contributed by atoms with Gasteiger partial charge >= 0.3 is 5.97 Å². The molecule has 2 aromatic rings. The summed E-state index contributed by atoms with van der Waals surface area (Å²) < 4.78 is 37.6. The van der Waals surface area contributed by atoms with Crippen LogP contribution in [0.25, 0.3) is 0 Å². The monoisotopic (exact) mass is 474 g/mol. The number of sulfonamides is 1. The van der Waals surface area contributed by atoms with Crippen LogP contribution in [-0.2, 0) is 26.1 Å². The molecule has 2 fully saturated rings. The zero-order valence-electron chi connectivity index (χ0n) is 19.2. The number of nitrogens with zero attached hydrogens (tertiary/aromatic N) is 1. The van der Waals surface area contributed by atoms with E-state index in [1.807, 2.05) is 4.90 Å². The summed E-state index contributed by atoms with van der Waals surface area (Å²) in [5.74, 6) is -0.358. The molecular formula is C24H30N2O6S. The molecule has 1 aliphatic carbocycles. The van der Waals surface area contributed by atoms with E-state index in [0.717, 1.165) is 19.3 Å². The molecule has 2 bridgehead atoms. The summed E-state index contributed by atoms with van der Waals surface area (Å²) in [5.41, 5.74) is 0.484. The van der Waals surface area contributed by atoms with Crippen LogP contribution in [0.4, 0.5) is 0 Å². The highest BCUT2D eigenvalue weighted by atomic mass is 32.2. The molecule has 2 heterocycles. The van der Waals surface area contributed by atoms with Crippen LogP contribution in [0, 0.1) is 10.8 Å². The molecule has 178 valence electrons. The molecule has 0 radical (unpaired) electrons. The van der Waals surface area contributed by atoms with Gasteiger partial charge in [0.25, 0.3) is 5.91 Å². The number of esters is 1. The Balaban J connectivity index is 1.32. The minimum atomic E-state index is -3.76. The van der Waals surface area contributed by atoms with E-state index in [4.69, 9.17) is 9.15 Å². The zero-order valence-corrected chi connectivity index (χ0v) is 20.0. The number of hydrogen-bond acceptors (Lipinski definition) is 6. The van der Waals surface area contributed by atoms with E-state index in [2.05, 4.69) is 25.5 Å². The molecule has 1 amide bonds. The van der Waals surface area contributed by atoms with Crippen molar-refractivity contribution in [2.45, 2.75) is 57.5 Å². The molecule has 2 aliphatic rings. The van der Waals surface area contributed by atoms with Gasteiger partial charge in [-0.15, -0.1) is 0 Å². The smallest absolute Gasteiger partial charge is 0.338 e. The van der Waals surface area contributed by atoms with Gasteiger partial charge in [0.1, 0.15) is 5.76 Å². The van der Waals surface area contributed by atoms with Crippen molar-refractivity contribution in [2.75, 3.05) is 13.2 Å². The van der Waals surface area contributed by atoms with E-state index >= 15 is 0 Å². The lowest BCUT2D eigenvalue weighted by Crippen LogP contribution is -2.39. The second-order valence-electron chi connectivity index (χ2n) is 10.2. The fraction of sp³-hybridized carbons (Fsp3) is 0.500. The van der Waals surface area contributed by atoms with Crippen molar-refractivity contribution in [1.29, 1.82) is 0 Å². The van der Waals surface area contributed by atoms with Crippen molar-refractivity contribution in [3.8, 4) is 0 Å². The largest absolute Gasteiger partial charge is 0.468 e. The summed E-state index contributed by atoms with van der Waals surface area (Å²) in [6, 6.07) is 8.93. The average Bonchev–Trinajstić information content (AvgIpc) is 3.35. The van der Waals surface area contributed by atoms with Gasteiger partial charge < -0.3 is 14.1 Å². The molecule has 1 N–H and O–H groups in total. The van der Waals surface area contributed by atoms with Crippen LogP contribution in [0.1, 0.15) is 56.2 Å². The number of amides is 1. The Morgan fingerprint density at radius 2 is 1.88 bits per heavy atom. The standard InChI is InChI=1S/C24H30N2O6S/c1-23(2)11-18-12-24(3,15-23)16-26(18)21(27)14-32-22(28)17-6-8-20(9-7-17)33(29,30)25-13-19-5-4-10-31-19/h4-10,18,25H,11-16H2,1-3H3/t18-,24-/m1/s1. The number of likely N-dealkylation sites (tertiary alicyclic amines) is 1. The zero-order chi connectivity index (χ0) is 23.9. The van der Waals surface area contributed by atoms with Gasteiger partial charge in [0.2, 0.25) is 10.0 Å². The quantitative estimate of drug-likeness (QED) is 0.617. The van der Waals surface area contributed by atoms with Crippen molar-refractivity contribution >= 4 is 21.9 Å². The summed E-state index contributed by atoms with van der Waals surface area (Å²) in [6.07, 6.45) is 4.48. The minimum absolute atomic E-state index is 0.0156. The molecule has 0 unspecified atom stereocenters. The third kappa shape index (κ3) is 5.30. The lowest BCUT2D eigenvalue weighted by Gasteiger charge is -2.39. The normalized spacial score (nSPS) is 24.0. The topological polar surface area (TPSA) is 106 Å². The summed E-state index contributed by atoms with van der Waals surface area (Å²) in [6.45, 7) is 7.09. The van der Waals surface area contributed by atoms with E-state index in [9.17, 15) is 18.0 Å². The highest BCUT2D eigenvalue weighted by molar-refractivity contribution is 7.89. The Morgan fingerprint density at radius 3 is 2.55 bits per heavy atom. The van der Waals surface area contributed by atoms with E-state index in [1.54, 1.807) is 12.1 Å². The summed E-state index contributed by atoms with van der Waals surface area (Å²) >= 11 is 0. The van der Waals surface area contributed by atoms with Crippen LogP contribution in [-0.4, -0.2) is 44.4 Å². The molecule has 4 rings (SSSR count). The maximum Gasteiger partial charge on any atom is 0.338 e. The van der Waals surface area contributed by atoms with Crippen molar-refractivity contribution in [1.82, 2.24) is 9.62 Å². The van der Waals surface area contributed by atoms with E-state index in [1.165, 1.54) is 30.5 Å². The van der Waals surface area contributed by atoms with Gasteiger partial charge in [-0.3, -0.25) is 4.79 Å². The van der Waals surface area contributed by atoms with Crippen molar-refractivity contribution < 1.29 is 27.2 Å². The van der Waals surface area contributed by atoms with Crippen LogP contribution in [0.15, 0.2) is 52.0 Å². The maximum atomic E-state index is 12.8. The van der Waals surface area contributed by atoms with Gasteiger partial charge in [0, 0.05) is 12.6 Å². The second-order valence-corrected chi connectivity index (χ2v) is 12.0. The van der Waals surface area contributed by atoms with Crippen LogP contribution in [0.2, 0.25) is 0 Å². The first-order chi connectivity index (χ1) is 15.5. The third-order valence-corrected chi connectivity index (χ3v) is 7.90. The Morgan fingerprint density at radius 1 is 1.15 bits per heavy atom. The molecule has 1 saturated carbocycles. The summed E-state index contributed by atoms with van der Waals surface area (Å²) in [4.78, 5) is 27.1. The molecule has 9 heteroatoms. The predicted octanol–water partition coefficient (Wildman–Crippen LogP) is 3.34. The van der Waals surface area contributed by atoms with Gasteiger partial charge in [-0.2, -0.15) is 0 Å². The Kier molecular flexibility index (Phi) is 6.13. The lowest BCUT2D eigenvalue weighted by atomic mass is 9.65. The first-order valence-corrected chi connectivity index (χ1v) is 12.5. The molecule has 1 aliphatic heterocycles. The molecule has 8 nitrogen and oxygen atoms in total. The minimum Gasteiger partial charge on any atom is -0.468 e. The lowest BCUT2D eigenvalue weighted by molar-refractivity contribution is -0.135. The second kappa shape index (κ2) is 8.61. The number of hydrogen-bond donors (Lipinski definition) is 1.